The van der Waals surface area contributed by atoms with Gasteiger partial charge in [0.1, 0.15) is 5.75 Å². The predicted octanol–water partition coefficient (Wildman–Crippen LogP) is 4.50. The summed E-state index contributed by atoms with van der Waals surface area (Å²) in [5.74, 6) is 2.48. The first-order valence-electron chi connectivity index (χ1n) is 9.04. The number of rotatable bonds is 7. The van der Waals surface area contributed by atoms with E-state index in [1.807, 2.05) is 48.2 Å². The van der Waals surface area contributed by atoms with Gasteiger partial charge < -0.3 is 9.64 Å². The number of thioether (sulfide) groups is 1. The number of ketones is 1. The molecule has 1 heterocycles. The lowest BCUT2D eigenvalue weighted by atomic mass is 9.89. The summed E-state index contributed by atoms with van der Waals surface area (Å²) in [7, 11) is 1.67. The van der Waals surface area contributed by atoms with Gasteiger partial charge in [0.05, 0.1) is 7.11 Å². The molecule has 0 unspecified atom stereocenters. The summed E-state index contributed by atoms with van der Waals surface area (Å²) in [5.41, 5.74) is 0.841. The van der Waals surface area contributed by atoms with Gasteiger partial charge in [-0.1, -0.05) is 18.2 Å². The van der Waals surface area contributed by atoms with Crippen LogP contribution in [0.4, 0.5) is 0 Å². The lowest BCUT2D eigenvalue weighted by Gasteiger charge is -2.32. The topological polar surface area (TPSA) is 29.5 Å². The number of carbonyl (C=O) groups excluding carboxylic acids is 1. The van der Waals surface area contributed by atoms with Crippen LogP contribution in [0.25, 0.3) is 10.8 Å². The summed E-state index contributed by atoms with van der Waals surface area (Å²) in [5, 5.41) is 2.21. The number of hydrogen-bond donors (Lipinski definition) is 0. The van der Waals surface area contributed by atoms with Crippen LogP contribution in [0.2, 0.25) is 0 Å². The van der Waals surface area contributed by atoms with E-state index in [1.165, 1.54) is 12.2 Å². The third-order valence-corrected chi connectivity index (χ3v) is 5.73. The fraction of sp³-hybridized carbons (Fsp3) is 0.476. The van der Waals surface area contributed by atoms with Gasteiger partial charge in [-0.2, -0.15) is 11.8 Å². The molecule has 1 atom stereocenters. The summed E-state index contributed by atoms with van der Waals surface area (Å²) in [6.07, 6.45) is 5.50. The highest BCUT2D eigenvalue weighted by Crippen LogP contribution is 2.25. The fourth-order valence-corrected chi connectivity index (χ4v) is 4.06. The van der Waals surface area contributed by atoms with E-state index >= 15 is 0 Å². The second-order valence-electron chi connectivity index (χ2n) is 6.78. The molecular formula is C21H27NO2S. The van der Waals surface area contributed by atoms with Gasteiger partial charge in [-0.05, 0) is 73.3 Å². The van der Waals surface area contributed by atoms with Crippen LogP contribution < -0.4 is 4.74 Å². The minimum Gasteiger partial charge on any atom is -0.497 e. The summed E-state index contributed by atoms with van der Waals surface area (Å²) in [6.45, 7) is 3.16. The molecule has 1 aliphatic rings. The molecule has 0 aliphatic carbocycles. The highest BCUT2D eigenvalue weighted by atomic mass is 32.2. The lowest BCUT2D eigenvalue weighted by Crippen LogP contribution is -2.39. The third-order valence-electron chi connectivity index (χ3n) is 5.03. The molecule has 0 N–H and O–H groups in total. The first-order valence-corrected chi connectivity index (χ1v) is 10.4. The number of methoxy groups -OCH3 is 1. The first-order chi connectivity index (χ1) is 12.2. The standard InChI is InChI=1S/C21H27NO2S/c1-24-20-9-8-16-13-18(7-6-17(16)14-20)21(23)19-5-3-10-22(15-19)11-4-12-25-2/h6-9,13-14,19H,3-5,10-12,15H2,1-2H3/t19-/m0/s1. The lowest BCUT2D eigenvalue weighted by molar-refractivity contribution is 0.0820. The van der Waals surface area contributed by atoms with Crippen molar-refractivity contribution in [3.05, 3.63) is 42.0 Å². The van der Waals surface area contributed by atoms with Crippen molar-refractivity contribution < 1.29 is 9.53 Å². The van der Waals surface area contributed by atoms with Gasteiger partial charge in [-0.25, -0.2) is 0 Å². The van der Waals surface area contributed by atoms with Gasteiger partial charge >= 0.3 is 0 Å². The minimum absolute atomic E-state index is 0.138. The maximum Gasteiger partial charge on any atom is 0.167 e. The van der Waals surface area contributed by atoms with E-state index in [9.17, 15) is 4.79 Å². The summed E-state index contributed by atoms with van der Waals surface area (Å²) in [4.78, 5) is 15.5. The van der Waals surface area contributed by atoms with Gasteiger partial charge in [-0.3, -0.25) is 4.79 Å². The maximum atomic E-state index is 13.0. The number of fused-ring (bicyclic) bond motifs is 1. The van der Waals surface area contributed by atoms with Crippen LogP contribution in [0.15, 0.2) is 36.4 Å². The van der Waals surface area contributed by atoms with Crippen LogP contribution in [0, 0.1) is 5.92 Å². The smallest absolute Gasteiger partial charge is 0.167 e. The fourth-order valence-electron chi connectivity index (χ4n) is 3.64. The van der Waals surface area contributed by atoms with Crippen LogP contribution in [0.1, 0.15) is 29.6 Å². The van der Waals surface area contributed by atoms with Crippen molar-refractivity contribution in [3.63, 3.8) is 0 Å². The Kier molecular flexibility index (Phi) is 6.38. The molecule has 2 aromatic carbocycles. The molecule has 2 aromatic rings. The predicted molar refractivity (Wildman–Crippen MR) is 107 cm³/mol. The second-order valence-corrected chi connectivity index (χ2v) is 7.76. The highest BCUT2D eigenvalue weighted by molar-refractivity contribution is 7.98. The van der Waals surface area contributed by atoms with E-state index < -0.39 is 0 Å². The Morgan fingerprint density at radius 3 is 2.84 bits per heavy atom. The van der Waals surface area contributed by atoms with E-state index in [-0.39, 0.29) is 5.92 Å². The molecule has 134 valence electrons. The Balaban J connectivity index is 1.70. The van der Waals surface area contributed by atoms with Gasteiger partial charge in [0, 0.05) is 18.0 Å². The van der Waals surface area contributed by atoms with Crippen LogP contribution in [0.5, 0.6) is 5.75 Å². The molecule has 0 aromatic heterocycles. The van der Waals surface area contributed by atoms with Gasteiger partial charge in [0.25, 0.3) is 0 Å². The Hall–Kier alpha value is -1.52. The average molecular weight is 358 g/mol. The molecular weight excluding hydrogens is 330 g/mol. The molecule has 1 saturated heterocycles. The molecule has 0 bridgehead atoms. The molecule has 0 amide bonds. The number of benzene rings is 2. The zero-order valence-corrected chi connectivity index (χ0v) is 16.0. The van der Waals surface area contributed by atoms with E-state index in [1.54, 1.807) is 7.11 Å². The number of likely N-dealkylation sites (tertiary alicyclic amines) is 1. The Labute approximate surface area is 154 Å². The van der Waals surface area contributed by atoms with Gasteiger partial charge in [-0.15, -0.1) is 0 Å². The third kappa shape index (κ3) is 4.56. The maximum absolute atomic E-state index is 13.0. The molecule has 0 saturated carbocycles. The monoisotopic (exact) mass is 357 g/mol. The van der Waals surface area contributed by atoms with Crippen molar-refractivity contribution in [2.75, 3.05) is 38.8 Å². The first kappa shape index (κ1) is 18.3. The molecule has 3 rings (SSSR count). The van der Waals surface area contributed by atoms with Gasteiger partial charge in [0.2, 0.25) is 0 Å². The Morgan fingerprint density at radius 1 is 1.24 bits per heavy atom. The van der Waals surface area contributed by atoms with Crippen molar-refractivity contribution in [2.24, 2.45) is 5.92 Å². The number of Topliss-reactive ketones (excluding diaryl/α,β-unsaturated/α-hetero) is 1. The molecule has 1 fully saturated rings. The van der Waals surface area contributed by atoms with Gasteiger partial charge in [0.15, 0.2) is 5.78 Å². The van der Waals surface area contributed by atoms with Crippen molar-refractivity contribution in [2.45, 2.75) is 19.3 Å². The SMILES string of the molecule is COc1ccc2cc(C(=O)[C@H]3CCCN(CCCSC)C3)ccc2c1. The van der Waals surface area contributed by atoms with Crippen LogP contribution in [-0.2, 0) is 0 Å². The largest absolute Gasteiger partial charge is 0.497 e. The molecule has 0 spiro atoms. The number of piperidine rings is 1. The Bertz CT molecular complexity index is 731. The zero-order chi connectivity index (χ0) is 17.6. The molecule has 0 radical (unpaired) electrons. The van der Waals surface area contributed by atoms with Crippen LogP contribution in [0.3, 0.4) is 0 Å². The van der Waals surface area contributed by atoms with Crippen molar-refractivity contribution in [3.8, 4) is 5.75 Å². The summed E-state index contributed by atoms with van der Waals surface area (Å²) >= 11 is 1.90. The van der Waals surface area contributed by atoms with Crippen molar-refractivity contribution >= 4 is 28.3 Å². The molecule has 25 heavy (non-hydrogen) atoms. The van der Waals surface area contributed by atoms with Crippen LogP contribution >= 0.6 is 11.8 Å². The molecule has 4 heteroatoms. The van der Waals surface area contributed by atoms with Crippen LogP contribution in [-0.4, -0.2) is 49.4 Å². The molecule has 1 aliphatic heterocycles. The quantitative estimate of drug-likeness (QED) is 0.539. The summed E-state index contributed by atoms with van der Waals surface area (Å²) in [6, 6.07) is 12.0. The van der Waals surface area contributed by atoms with E-state index in [0.29, 0.717) is 5.78 Å². The zero-order valence-electron chi connectivity index (χ0n) is 15.2. The van der Waals surface area contributed by atoms with Crippen molar-refractivity contribution in [1.29, 1.82) is 0 Å². The molecule has 3 nitrogen and oxygen atoms in total. The number of hydrogen-bond acceptors (Lipinski definition) is 4. The average Bonchev–Trinajstić information content (AvgIpc) is 2.67. The number of ether oxygens (including phenoxy) is 1. The van der Waals surface area contributed by atoms with E-state index in [0.717, 1.165) is 54.6 Å². The highest BCUT2D eigenvalue weighted by Gasteiger charge is 2.26. The van der Waals surface area contributed by atoms with E-state index in [2.05, 4.69) is 11.2 Å². The number of carbonyl (C=O) groups is 1. The Morgan fingerprint density at radius 2 is 2.04 bits per heavy atom. The van der Waals surface area contributed by atoms with E-state index in [4.69, 9.17) is 4.74 Å². The van der Waals surface area contributed by atoms with Crippen molar-refractivity contribution in [1.82, 2.24) is 4.90 Å². The minimum atomic E-state index is 0.138. The summed E-state index contributed by atoms with van der Waals surface area (Å²) < 4.78 is 5.27. The normalized spacial score (nSPS) is 18.4. The number of nitrogens with zero attached hydrogens (tertiary/aromatic N) is 1. The second kappa shape index (κ2) is 8.72.